The maximum atomic E-state index is 5.82. The Kier molecular flexibility index (Phi) is 3.93. The number of benzene rings is 1. The van der Waals surface area contributed by atoms with E-state index in [0.717, 1.165) is 23.6 Å². The van der Waals surface area contributed by atoms with Crippen molar-refractivity contribution in [1.82, 2.24) is 20.2 Å². The van der Waals surface area contributed by atoms with Crippen LogP contribution in [0.5, 0.6) is 0 Å². The second-order valence-corrected chi connectivity index (χ2v) is 4.14. The van der Waals surface area contributed by atoms with E-state index < -0.39 is 0 Å². The molecule has 0 fully saturated rings. The van der Waals surface area contributed by atoms with Gasteiger partial charge in [-0.3, -0.25) is 0 Å². The monoisotopic (exact) mass is 251 g/mol. The summed E-state index contributed by atoms with van der Waals surface area (Å²) in [7, 11) is 0. The van der Waals surface area contributed by atoms with E-state index in [9.17, 15) is 0 Å². The predicted octanol–water partition coefficient (Wildman–Crippen LogP) is 2.35. The summed E-state index contributed by atoms with van der Waals surface area (Å²) < 4.78 is 1.76. The average Bonchev–Trinajstić information content (AvgIpc) is 2.77. The van der Waals surface area contributed by atoms with Crippen molar-refractivity contribution in [3.05, 3.63) is 34.9 Å². The van der Waals surface area contributed by atoms with Crippen molar-refractivity contribution < 1.29 is 0 Å². The molecule has 0 saturated carbocycles. The van der Waals surface area contributed by atoms with Gasteiger partial charge in [-0.1, -0.05) is 35.8 Å². The van der Waals surface area contributed by atoms with Gasteiger partial charge < -0.3 is 5.32 Å². The number of halogens is 1. The summed E-state index contributed by atoms with van der Waals surface area (Å²) in [6.45, 7) is 3.59. The molecule has 5 nitrogen and oxygen atoms in total. The summed E-state index contributed by atoms with van der Waals surface area (Å²) >= 11 is 5.82. The van der Waals surface area contributed by atoms with E-state index in [-0.39, 0.29) is 0 Å². The Labute approximate surface area is 105 Å². The van der Waals surface area contributed by atoms with Gasteiger partial charge in [0, 0.05) is 18.1 Å². The SMILES string of the molecule is CCCn1nnnc1NCc1ccc(Cl)cc1. The molecule has 0 unspecified atom stereocenters. The molecule has 90 valence electrons. The van der Waals surface area contributed by atoms with Crippen LogP contribution in [0.1, 0.15) is 18.9 Å². The van der Waals surface area contributed by atoms with E-state index in [1.54, 1.807) is 4.68 Å². The Morgan fingerprint density at radius 3 is 2.76 bits per heavy atom. The van der Waals surface area contributed by atoms with E-state index >= 15 is 0 Å². The molecule has 0 radical (unpaired) electrons. The number of anilines is 1. The summed E-state index contributed by atoms with van der Waals surface area (Å²) in [4.78, 5) is 0. The minimum atomic E-state index is 0.682. The highest BCUT2D eigenvalue weighted by atomic mass is 35.5. The maximum absolute atomic E-state index is 5.82. The topological polar surface area (TPSA) is 55.6 Å². The molecule has 0 atom stereocenters. The van der Waals surface area contributed by atoms with Gasteiger partial charge in [0.05, 0.1) is 0 Å². The molecule has 17 heavy (non-hydrogen) atoms. The number of hydrogen-bond acceptors (Lipinski definition) is 4. The van der Waals surface area contributed by atoms with Crippen LogP contribution in [-0.4, -0.2) is 20.2 Å². The van der Waals surface area contributed by atoms with Crippen LogP contribution in [0.15, 0.2) is 24.3 Å². The molecular formula is C11H14ClN5. The lowest BCUT2D eigenvalue weighted by Crippen LogP contribution is -2.08. The minimum absolute atomic E-state index is 0.682. The van der Waals surface area contributed by atoms with Crippen molar-refractivity contribution in [1.29, 1.82) is 0 Å². The third kappa shape index (κ3) is 3.17. The van der Waals surface area contributed by atoms with E-state index in [2.05, 4.69) is 27.8 Å². The molecule has 0 saturated heterocycles. The van der Waals surface area contributed by atoms with Gasteiger partial charge in [-0.05, 0) is 34.5 Å². The van der Waals surface area contributed by atoms with Gasteiger partial charge in [0.1, 0.15) is 0 Å². The summed E-state index contributed by atoms with van der Waals surface area (Å²) in [5.74, 6) is 0.696. The van der Waals surface area contributed by atoms with Crippen molar-refractivity contribution in [3.8, 4) is 0 Å². The quantitative estimate of drug-likeness (QED) is 0.886. The molecule has 0 aliphatic rings. The van der Waals surface area contributed by atoms with Gasteiger partial charge in [0.25, 0.3) is 0 Å². The fourth-order valence-electron chi connectivity index (χ4n) is 1.48. The lowest BCUT2D eigenvalue weighted by atomic mass is 10.2. The van der Waals surface area contributed by atoms with Crippen LogP contribution >= 0.6 is 11.6 Å². The summed E-state index contributed by atoms with van der Waals surface area (Å²) in [5, 5.41) is 15.4. The van der Waals surface area contributed by atoms with Crippen LogP contribution < -0.4 is 5.32 Å². The van der Waals surface area contributed by atoms with Crippen LogP contribution in [0.2, 0.25) is 5.02 Å². The number of hydrogen-bond donors (Lipinski definition) is 1. The van der Waals surface area contributed by atoms with Crippen LogP contribution in [0.3, 0.4) is 0 Å². The first-order valence-corrected chi connectivity index (χ1v) is 5.92. The number of nitrogens with zero attached hydrogens (tertiary/aromatic N) is 4. The number of rotatable bonds is 5. The predicted molar refractivity (Wildman–Crippen MR) is 66.9 cm³/mol. The van der Waals surface area contributed by atoms with Gasteiger partial charge in [0.15, 0.2) is 0 Å². The molecule has 6 heteroatoms. The standard InChI is InChI=1S/C11H14ClN5/c1-2-7-17-11(14-15-16-17)13-8-9-3-5-10(12)6-4-9/h3-6H,2,7-8H2,1H3,(H,13,14,16). The van der Waals surface area contributed by atoms with Crippen LogP contribution in [0.25, 0.3) is 0 Å². The molecule has 0 amide bonds. The van der Waals surface area contributed by atoms with Crippen LogP contribution in [0.4, 0.5) is 5.95 Å². The fourth-order valence-corrected chi connectivity index (χ4v) is 1.60. The molecule has 0 aliphatic carbocycles. The fraction of sp³-hybridized carbons (Fsp3) is 0.364. The van der Waals surface area contributed by atoms with E-state index in [4.69, 9.17) is 11.6 Å². The number of aromatic nitrogens is 4. The van der Waals surface area contributed by atoms with Crippen LogP contribution in [0, 0.1) is 0 Å². The van der Waals surface area contributed by atoms with E-state index in [1.165, 1.54) is 0 Å². The zero-order chi connectivity index (χ0) is 12.1. The molecule has 0 aliphatic heterocycles. The van der Waals surface area contributed by atoms with Gasteiger partial charge >= 0.3 is 0 Å². The number of nitrogens with one attached hydrogen (secondary N) is 1. The highest BCUT2D eigenvalue weighted by molar-refractivity contribution is 6.30. The Morgan fingerprint density at radius 1 is 1.29 bits per heavy atom. The van der Waals surface area contributed by atoms with Crippen molar-refractivity contribution in [2.45, 2.75) is 26.4 Å². The Balaban J connectivity index is 1.97. The lowest BCUT2D eigenvalue weighted by Gasteiger charge is -2.06. The Hall–Kier alpha value is -1.62. The van der Waals surface area contributed by atoms with Gasteiger partial charge in [-0.15, -0.1) is 0 Å². The third-order valence-corrected chi connectivity index (χ3v) is 2.58. The molecule has 0 bridgehead atoms. The highest BCUT2D eigenvalue weighted by Crippen LogP contribution is 2.10. The third-order valence-electron chi connectivity index (χ3n) is 2.33. The highest BCUT2D eigenvalue weighted by Gasteiger charge is 2.03. The summed E-state index contributed by atoms with van der Waals surface area (Å²) in [6, 6.07) is 7.69. The molecule has 1 aromatic heterocycles. The zero-order valence-corrected chi connectivity index (χ0v) is 10.4. The van der Waals surface area contributed by atoms with E-state index in [1.807, 2.05) is 24.3 Å². The van der Waals surface area contributed by atoms with Crippen molar-refractivity contribution >= 4 is 17.5 Å². The Morgan fingerprint density at radius 2 is 2.06 bits per heavy atom. The van der Waals surface area contributed by atoms with Crippen molar-refractivity contribution in [2.75, 3.05) is 5.32 Å². The second kappa shape index (κ2) is 5.63. The maximum Gasteiger partial charge on any atom is 0.243 e. The normalized spacial score (nSPS) is 10.5. The van der Waals surface area contributed by atoms with Gasteiger partial charge in [-0.25, -0.2) is 4.68 Å². The first-order chi connectivity index (χ1) is 8.29. The van der Waals surface area contributed by atoms with E-state index in [0.29, 0.717) is 12.5 Å². The molecule has 2 rings (SSSR count). The largest absolute Gasteiger partial charge is 0.349 e. The number of tetrazole rings is 1. The zero-order valence-electron chi connectivity index (χ0n) is 9.60. The molecule has 1 N–H and O–H groups in total. The summed E-state index contributed by atoms with van der Waals surface area (Å²) in [6.07, 6.45) is 1.00. The second-order valence-electron chi connectivity index (χ2n) is 3.71. The van der Waals surface area contributed by atoms with Crippen molar-refractivity contribution in [3.63, 3.8) is 0 Å². The molecule has 1 aromatic carbocycles. The first kappa shape index (κ1) is 11.9. The molecule has 0 spiro atoms. The molecule has 1 heterocycles. The molecular weight excluding hydrogens is 238 g/mol. The summed E-state index contributed by atoms with van der Waals surface area (Å²) in [5.41, 5.74) is 1.14. The molecule has 2 aromatic rings. The van der Waals surface area contributed by atoms with Crippen molar-refractivity contribution in [2.24, 2.45) is 0 Å². The van der Waals surface area contributed by atoms with Gasteiger partial charge in [0.2, 0.25) is 5.95 Å². The Bertz CT molecular complexity index is 465. The van der Waals surface area contributed by atoms with Gasteiger partial charge in [-0.2, -0.15) is 0 Å². The number of aryl methyl sites for hydroxylation is 1. The van der Waals surface area contributed by atoms with Crippen LogP contribution in [-0.2, 0) is 13.1 Å². The first-order valence-electron chi connectivity index (χ1n) is 5.54. The minimum Gasteiger partial charge on any atom is -0.349 e. The smallest absolute Gasteiger partial charge is 0.243 e. The lowest BCUT2D eigenvalue weighted by molar-refractivity contribution is 0.582. The average molecular weight is 252 g/mol.